The largest absolute Gasteiger partial charge is 0.433 e. The van der Waals surface area contributed by atoms with Crippen molar-refractivity contribution in [2.24, 2.45) is 0 Å². The third kappa shape index (κ3) is 2.78. The summed E-state index contributed by atoms with van der Waals surface area (Å²) in [4.78, 5) is 2.85. The first-order valence-corrected chi connectivity index (χ1v) is 4.40. The summed E-state index contributed by atoms with van der Waals surface area (Å²) in [5.74, 6) is -0.737. The van der Waals surface area contributed by atoms with Gasteiger partial charge in [0.25, 0.3) is 0 Å². The second-order valence-corrected chi connectivity index (χ2v) is 3.09. The molecule has 0 aliphatic carbocycles. The molecular formula is C8H4ClF6N. The molecule has 0 spiro atoms. The number of halogens is 7. The van der Waals surface area contributed by atoms with E-state index in [1.165, 1.54) is 0 Å². The van der Waals surface area contributed by atoms with Crippen molar-refractivity contribution in [1.29, 1.82) is 0 Å². The number of rotatable bonds is 1. The molecule has 0 bridgehead atoms. The van der Waals surface area contributed by atoms with E-state index in [4.69, 9.17) is 11.6 Å². The van der Waals surface area contributed by atoms with Crippen LogP contribution in [0.2, 0.25) is 0 Å². The molecule has 0 aliphatic heterocycles. The topological polar surface area (TPSA) is 12.9 Å². The van der Waals surface area contributed by atoms with Crippen LogP contribution in [0.5, 0.6) is 0 Å². The van der Waals surface area contributed by atoms with Gasteiger partial charge in [-0.2, -0.15) is 26.3 Å². The summed E-state index contributed by atoms with van der Waals surface area (Å²) in [5, 5.41) is 0. The van der Waals surface area contributed by atoms with Crippen LogP contribution in [-0.4, -0.2) is 4.98 Å². The van der Waals surface area contributed by atoms with E-state index in [9.17, 15) is 26.3 Å². The van der Waals surface area contributed by atoms with Crippen molar-refractivity contribution in [3.63, 3.8) is 0 Å². The lowest BCUT2D eigenvalue weighted by Crippen LogP contribution is -2.15. The zero-order valence-corrected chi connectivity index (χ0v) is 8.21. The normalized spacial score (nSPS) is 12.9. The van der Waals surface area contributed by atoms with Crippen LogP contribution < -0.4 is 0 Å². The minimum Gasteiger partial charge on any atom is -0.246 e. The summed E-state index contributed by atoms with van der Waals surface area (Å²) in [5.41, 5.74) is -3.48. The molecule has 0 aromatic carbocycles. The average Bonchev–Trinajstić information content (AvgIpc) is 2.14. The number of pyridine rings is 1. The van der Waals surface area contributed by atoms with Crippen LogP contribution >= 0.6 is 11.6 Å². The number of nitrogens with zero attached hydrogens (tertiary/aromatic N) is 1. The Bertz CT molecular complexity index is 383. The van der Waals surface area contributed by atoms with Crippen LogP contribution in [0.3, 0.4) is 0 Å². The Morgan fingerprint density at radius 3 is 1.94 bits per heavy atom. The highest BCUT2D eigenvalue weighted by Crippen LogP contribution is 2.35. The first-order valence-electron chi connectivity index (χ1n) is 3.86. The van der Waals surface area contributed by atoms with E-state index in [2.05, 4.69) is 4.98 Å². The summed E-state index contributed by atoms with van der Waals surface area (Å²) in [6, 6.07) is 0.604. The zero-order valence-electron chi connectivity index (χ0n) is 7.45. The van der Waals surface area contributed by atoms with Gasteiger partial charge in [0.15, 0.2) is 0 Å². The molecule has 1 heterocycles. The first-order chi connectivity index (χ1) is 7.16. The Kier molecular flexibility index (Phi) is 3.37. The molecule has 16 heavy (non-hydrogen) atoms. The van der Waals surface area contributed by atoms with Gasteiger partial charge in [-0.15, -0.1) is 11.6 Å². The highest BCUT2D eigenvalue weighted by molar-refractivity contribution is 6.17. The Morgan fingerprint density at radius 1 is 1.00 bits per heavy atom. The molecule has 8 heteroatoms. The molecule has 1 aromatic rings. The van der Waals surface area contributed by atoms with Crippen molar-refractivity contribution in [3.8, 4) is 0 Å². The third-order valence-corrected chi connectivity index (χ3v) is 1.95. The van der Waals surface area contributed by atoms with Gasteiger partial charge in [0.2, 0.25) is 0 Å². The quantitative estimate of drug-likeness (QED) is 0.554. The van der Waals surface area contributed by atoms with E-state index in [0.717, 1.165) is 0 Å². The molecule has 0 fully saturated rings. The molecule has 0 saturated carbocycles. The summed E-state index contributed by atoms with van der Waals surface area (Å²) < 4.78 is 73.3. The molecular weight excluding hydrogens is 260 g/mol. The zero-order chi connectivity index (χ0) is 12.6. The van der Waals surface area contributed by atoms with Crippen LogP contribution in [0.1, 0.15) is 17.0 Å². The number of aromatic nitrogens is 1. The van der Waals surface area contributed by atoms with E-state index >= 15 is 0 Å². The minimum absolute atomic E-state index is 0.277. The van der Waals surface area contributed by atoms with Crippen molar-refractivity contribution in [2.75, 3.05) is 0 Å². The Balaban J connectivity index is 3.28. The second kappa shape index (κ2) is 4.12. The standard InChI is InChI=1S/C8H4ClF6N/c9-3-5-4(7(10,11)12)1-2-6(16-5)8(13,14)15/h1-2H,3H2. The maximum absolute atomic E-state index is 12.3. The monoisotopic (exact) mass is 263 g/mol. The number of hydrogen-bond donors (Lipinski definition) is 0. The summed E-state index contributed by atoms with van der Waals surface area (Å²) in [6.45, 7) is 0. The fourth-order valence-electron chi connectivity index (χ4n) is 1.02. The van der Waals surface area contributed by atoms with E-state index in [1.807, 2.05) is 0 Å². The van der Waals surface area contributed by atoms with Crippen LogP contribution in [0.4, 0.5) is 26.3 Å². The fraction of sp³-hybridized carbons (Fsp3) is 0.375. The Labute approximate surface area is 91.0 Å². The summed E-state index contributed by atoms with van der Waals surface area (Å²) >= 11 is 5.13. The average molecular weight is 264 g/mol. The Morgan fingerprint density at radius 2 is 1.56 bits per heavy atom. The molecule has 1 aromatic heterocycles. The van der Waals surface area contributed by atoms with Gasteiger partial charge in [0, 0.05) is 0 Å². The maximum Gasteiger partial charge on any atom is 0.433 e. The minimum atomic E-state index is -4.79. The van der Waals surface area contributed by atoms with Crippen molar-refractivity contribution in [1.82, 2.24) is 4.98 Å². The van der Waals surface area contributed by atoms with E-state index < -0.39 is 35.2 Å². The van der Waals surface area contributed by atoms with Crippen molar-refractivity contribution >= 4 is 11.6 Å². The van der Waals surface area contributed by atoms with Crippen molar-refractivity contribution in [3.05, 3.63) is 29.1 Å². The highest BCUT2D eigenvalue weighted by atomic mass is 35.5. The lowest BCUT2D eigenvalue weighted by atomic mass is 10.1. The highest BCUT2D eigenvalue weighted by Gasteiger charge is 2.37. The molecule has 0 radical (unpaired) electrons. The van der Waals surface area contributed by atoms with Gasteiger partial charge in [0.05, 0.1) is 17.1 Å². The number of hydrogen-bond acceptors (Lipinski definition) is 1. The predicted molar refractivity (Wildman–Crippen MR) is 43.8 cm³/mol. The van der Waals surface area contributed by atoms with Gasteiger partial charge in [-0.1, -0.05) is 0 Å². The lowest BCUT2D eigenvalue weighted by molar-refractivity contribution is -0.144. The smallest absolute Gasteiger partial charge is 0.246 e. The lowest BCUT2D eigenvalue weighted by Gasteiger charge is -2.13. The molecule has 0 N–H and O–H groups in total. The molecule has 1 nitrogen and oxygen atoms in total. The van der Waals surface area contributed by atoms with E-state index in [0.29, 0.717) is 6.07 Å². The van der Waals surface area contributed by atoms with Crippen LogP contribution in [0.25, 0.3) is 0 Å². The number of alkyl halides is 7. The molecule has 0 aliphatic rings. The SMILES string of the molecule is FC(F)(F)c1ccc(C(F)(F)F)c(CCl)n1. The van der Waals surface area contributed by atoms with Crippen LogP contribution in [0.15, 0.2) is 12.1 Å². The maximum atomic E-state index is 12.3. The third-order valence-electron chi connectivity index (χ3n) is 1.70. The molecule has 90 valence electrons. The first kappa shape index (κ1) is 13.1. The van der Waals surface area contributed by atoms with Gasteiger partial charge < -0.3 is 0 Å². The molecule has 0 amide bonds. The molecule has 0 saturated heterocycles. The summed E-state index contributed by atoms with van der Waals surface area (Å²) in [7, 11) is 0. The second-order valence-electron chi connectivity index (χ2n) is 2.82. The van der Waals surface area contributed by atoms with Gasteiger partial charge in [-0.05, 0) is 12.1 Å². The van der Waals surface area contributed by atoms with Gasteiger partial charge in [0.1, 0.15) is 5.69 Å². The van der Waals surface area contributed by atoms with Crippen LogP contribution in [-0.2, 0) is 18.2 Å². The van der Waals surface area contributed by atoms with Crippen LogP contribution in [0, 0.1) is 0 Å². The van der Waals surface area contributed by atoms with Gasteiger partial charge in [-0.3, -0.25) is 0 Å². The van der Waals surface area contributed by atoms with Gasteiger partial charge in [-0.25, -0.2) is 4.98 Å². The van der Waals surface area contributed by atoms with E-state index in [1.54, 1.807) is 0 Å². The summed E-state index contributed by atoms with van der Waals surface area (Å²) in [6.07, 6.45) is -9.55. The van der Waals surface area contributed by atoms with Crippen molar-refractivity contribution < 1.29 is 26.3 Å². The fourth-order valence-corrected chi connectivity index (χ4v) is 1.22. The van der Waals surface area contributed by atoms with E-state index in [-0.39, 0.29) is 6.07 Å². The predicted octanol–water partition coefficient (Wildman–Crippen LogP) is 3.86. The van der Waals surface area contributed by atoms with Gasteiger partial charge >= 0.3 is 12.4 Å². The molecule has 1 rings (SSSR count). The molecule has 0 atom stereocenters. The molecule has 0 unspecified atom stereocenters. The Hall–Kier alpha value is -0.980. The van der Waals surface area contributed by atoms with Crippen molar-refractivity contribution in [2.45, 2.75) is 18.2 Å².